The van der Waals surface area contributed by atoms with Gasteiger partial charge < -0.3 is 14.2 Å². The molecule has 0 bridgehead atoms. The summed E-state index contributed by atoms with van der Waals surface area (Å²) in [5, 5.41) is 15.9. The molecule has 1 aliphatic carbocycles. The van der Waals surface area contributed by atoms with Gasteiger partial charge in [-0.15, -0.1) is 21.5 Å². The van der Waals surface area contributed by atoms with Crippen LogP contribution in [0.1, 0.15) is 24.8 Å². The lowest BCUT2D eigenvalue weighted by Crippen LogP contribution is -2.38. The van der Waals surface area contributed by atoms with Crippen molar-refractivity contribution in [1.29, 1.82) is 0 Å². The van der Waals surface area contributed by atoms with Gasteiger partial charge in [-0.3, -0.25) is 4.57 Å². The van der Waals surface area contributed by atoms with E-state index in [4.69, 9.17) is 9.26 Å². The number of morpholine rings is 1. The number of thiophene rings is 1. The van der Waals surface area contributed by atoms with Crippen LogP contribution in [0.4, 0.5) is 5.95 Å². The van der Waals surface area contributed by atoms with Crippen LogP contribution >= 0.6 is 39.0 Å². The lowest BCUT2D eigenvalue weighted by Gasteiger charge is -2.27. The molecule has 3 aromatic heterocycles. The Kier molecular flexibility index (Phi) is 4.92. The molecule has 3 aromatic rings. The smallest absolute Gasteiger partial charge is 0.237 e. The Morgan fingerprint density at radius 2 is 2.11 bits per heavy atom. The summed E-state index contributed by atoms with van der Waals surface area (Å²) >= 11 is 6.63. The average Bonchev–Trinajstić information content (AvgIpc) is 3.09. The van der Waals surface area contributed by atoms with E-state index in [1.165, 1.54) is 12.8 Å². The molecule has 1 saturated heterocycles. The Morgan fingerprint density at radius 3 is 2.85 bits per heavy atom. The number of halogens is 1. The maximum atomic E-state index is 5.46. The third-order valence-electron chi connectivity index (χ3n) is 4.43. The van der Waals surface area contributed by atoms with E-state index in [9.17, 15) is 0 Å². The van der Waals surface area contributed by atoms with E-state index in [-0.39, 0.29) is 0 Å². The van der Waals surface area contributed by atoms with Crippen LogP contribution in [0.5, 0.6) is 0 Å². The molecule has 5 rings (SSSR count). The first-order chi connectivity index (χ1) is 13.3. The van der Waals surface area contributed by atoms with Crippen molar-refractivity contribution in [2.45, 2.75) is 29.8 Å². The van der Waals surface area contributed by atoms with Gasteiger partial charge in [0.25, 0.3) is 0 Å². The van der Waals surface area contributed by atoms with E-state index in [2.05, 4.69) is 45.7 Å². The van der Waals surface area contributed by atoms with Crippen LogP contribution in [-0.2, 0) is 10.5 Å². The van der Waals surface area contributed by atoms with Crippen LogP contribution in [0.15, 0.2) is 25.6 Å². The molecule has 1 saturated carbocycles. The monoisotopic (exact) mass is 468 g/mol. The van der Waals surface area contributed by atoms with E-state index < -0.39 is 0 Å². The molecule has 0 aromatic carbocycles. The first-order valence-corrected chi connectivity index (χ1v) is 11.4. The number of rotatable bonds is 6. The van der Waals surface area contributed by atoms with Gasteiger partial charge in [0.15, 0.2) is 5.16 Å². The van der Waals surface area contributed by atoms with Gasteiger partial charge in [0.1, 0.15) is 0 Å². The Bertz CT molecular complexity index is 931. The molecule has 4 heterocycles. The van der Waals surface area contributed by atoms with Gasteiger partial charge >= 0.3 is 0 Å². The molecule has 142 valence electrons. The predicted molar refractivity (Wildman–Crippen MR) is 106 cm³/mol. The Hall–Kier alpha value is -1.43. The standard InChI is InChI=1S/C16H17BrN6O2S2/c17-10-7-12(26-8-10)14-18-13(25-21-14)9-27-16-20-19-15(23(16)11-1-2-11)22-3-5-24-6-4-22/h7-8,11H,1-6,9H2. The van der Waals surface area contributed by atoms with E-state index in [1.807, 2.05) is 11.4 Å². The topological polar surface area (TPSA) is 82.1 Å². The van der Waals surface area contributed by atoms with Crippen molar-refractivity contribution in [2.24, 2.45) is 0 Å². The van der Waals surface area contributed by atoms with E-state index >= 15 is 0 Å². The minimum atomic E-state index is 0.502. The van der Waals surface area contributed by atoms with Crippen LogP contribution in [-0.4, -0.2) is 51.2 Å². The highest BCUT2D eigenvalue weighted by molar-refractivity contribution is 9.10. The van der Waals surface area contributed by atoms with Crippen LogP contribution < -0.4 is 4.90 Å². The van der Waals surface area contributed by atoms with Crippen LogP contribution in [0.3, 0.4) is 0 Å². The zero-order valence-electron chi connectivity index (χ0n) is 14.4. The van der Waals surface area contributed by atoms with Crippen molar-refractivity contribution in [2.75, 3.05) is 31.2 Å². The second-order valence-corrected chi connectivity index (χ2v) is 9.18. The van der Waals surface area contributed by atoms with E-state index in [0.717, 1.165) is 46.8 Å². The largest absolute Gasteiger partial charge is 0.378 e. The Labute approximate surface area is 172 Å². The molecule has 2 fully saturated rings. The minimum Gasteiger partial charge on any atom is -0.378 e. The zero-order valence-corrected chi connectivity index (χ0v) is 17.6. The van der Waals surface area contributed by atoms with Gasteiger partial charge in [0.2, 0.25) is 17.7 Å². The summed E-state index contributed by atoms with van der Waals surface area (Å²) in [6, 6.07) is 2.49. The van der Waals surface area contributed by atoms with Crippen molar-refractivity contribution < 1.29 is 9.26 Å². The summed E-state index contributed by atoms with van der Waals surface area (Å²) < 4.78 is 14.2. The fourth-order valence-electron chi connectivity index (χ4n) is 2.97. The highest BCUT2D eigenvalue weighted by Crippen LogP contribution is 2.41. The number of hydrogen-bond donors (Lipinski definition) is 0. The summed E-state index contributed by atoms with van der Waals surface area (Å²) in [7, 11) is 0. The molecule has 1 aliphatic heterocycles. The molecule has 0 amide bonds. The number of nitrogens with zero attached hydrogens (tertiary/aromatic N) is 6. The third kappa shape index (κ3) is 3.78. The van der Waals surface area contributed by atoms with Gasteiger partial charge in [-0.25, -0.2) is 0 Å². The van der Waals surface area contributed by atoms with E-state index in [0.29, 0.717) is 23.5 Å². The first-order valence-electron chi connectivity index (χ1n) is 8.75. The van der Waals surface area contributed by atoms with E-state index in [1.54, 1.807) is 23.1 Å². The van der Waals surface area contributed by atoms with Crippen molar-refractivity contribution in [3.05, 3.63) is 21.8 Å². The number of thioether (sulfide) groups is 1. The van der Waals surface area contributed by atoms with Crippen molar-refractivity contribution in [1.82, 2.24) is 24.9 Å². The molecule has 0 atom stereocenters. The highest BCUT2D eigenvalue weighted by Gasteiger charge is 2.32. The lowest BCUT2D eigenvalue weighted by atomic mass is 10.4. The SMILES string of the molecule is Brc1csc(-c2noc(CSc3nnc(N4CCOCC4)n3C3CC3)n2)c1. The van der Waals surface area contributed by atoms with Gasteiger partial charge in [-0.05, 0) is 34.8 Å². The van der Waals surface area contributed by atoms with Gasteiger partial charge in [-0.1, -0.05) is 16.9 Å². The Morgan fingerprint density at radius 1 is 1.26 bits per heavy atom. The lowest BCUT2D eigenvalue weighted by molar-refractivity contribution is 0.121. The highest BCUT2D eigenvalue weighted by atomic mass is 79.9. The van der Waals surface area contributed by atoms with Gasteiger partial charge in [0.05, 0.1) is 23.8 Å². The summed E-state index contributed by atoms with van der Waals surface area (Å²) in [5.41, 5.74) is 0. The van der Waals surface area contributed by atoms with Gasteiger partial charge in [-0.2, -0.15) is 4.98 Å². The molecule has 8 nitrogen and oxygen atoms in total. The minimum absolute atomic E-state index is 0.502. The summed E-state index contributed by atoms with van der Waals surface area (Å²) in [6.45, 7) is 3.20. The van der Waals surface area contributed by atoms with Crippen LogP contribution in [0.25, 0.3) is 10.7 Å². The quantitative estimate of drug-likeness (QED) is 0.507. The third-order valence-corrected chi connectivity index (χ3v) is 7.05. The molecule has 0 N–H and O–H groups in total. The maximum Gasteiger partial charge on any atom is 0.237 e. The summed E-state index contributed by atoms with van der Waals surface area (Å²) in [6.07, 6.45) is 2.36. The zero-order chi connectivity index (χ0) is 18.2. The average molecular weight is 469 g/mol. The van der Waals surface area contributed by atoms with Crippen molar-refractivity contribution >= 4 is 45.0 Å². The molecule has 27 heavy (non-hydrogen) atoms. The number of hydrogen-bond acceptors (Lipinski definition) is 9. The number of aromatic nitrogens is 5. The fourth-order valence-corrected chi connectivity index (χ4v) is 5.16. The van der Waals surface area contributed by atoms with Crippen molar-refractivity contribution in [3.8, 4) is 10.7 Å². The van der Waals surface area contributed by atoms with Crippen LogP contribution in [0.2, 0.25) is 0 Å². The number of anilines is 1. The molecular formula is C16H17BrN6O2S2. The normalized spacial score (nSPS) is 17.6. The van der Waals surface area contributed by atoms with Crippen LogP contribution in [0, 0.1) is 0 Å². The molecule has 0 unspecified atom stereocenters. The molecule has 2 aliphatic rings. The first kappa shape index (κ1) is 17.7. The fraction of sp³-hybridized carbons (Fsp3) is 0.500. The second-order valence-electron chi connectivity index (χ2n) is 6.41. The maximum absolute atomic E-state index is 5.46. The summed E-state index contributed by atoms with van der Waals surface area (Å²) in [5.74, 6) is 2.75. The molecule has 0 radical (unpaired) electrons. The Balaban J connectivity index is 1.31. The molecule has 0 spiro atoms. The second kappa shape index (κ2) is 7.53. The number of ether oxygens (including phenoxy) is 1. The summed E-state index contributed by atoms with van der Waals surface area (Å²) in [4.78, 5) is 7.75. The molecule has 11 heteroatoms. The van der Waals surface area contributed by atoms with Gasteiger partial charge in [0, 0.05) is 29.0 Å². The molecular weight excluding hydrogens is 452 g/mol. The van der Waals surface area contributed by atoms with Crippen molar-refractivity contribution in [3.63, 3.8) is 0 Å². The predicted octanol–water partition coefficient (Wildman–Crippen LogP) is 3.62.